The molecule has 0 atom stereocenters. The lowest BCUT2D eigenvalue weighted by molar-refractivity contribution is 0.0123. The fourth-order valence-electron chi connectivity index (χ4n) is 2.67. The third-order valence-corrected chi connectivity index (χ3v) is 4.57. The molecule has 1 saturated carbocycles. The zero-order valence-electron chi connectivity index (χ0n) is 13.4. The molecule has 3 heteroatoms. The standard InChI is InChI=1S/C18H26N2O/c1-18(2,21-3)10-12-20-11-9-16-14(5-4-6-17(16)20)13-19-15-7-8-15/h4-6,9,11,15,19H,7-8,10,12-13H2,1-3H3. The van der Waals surface area contributed by atoms with Gasteiger partial charge in [-0.1, -0.05) is 12.1 Å². The maximum absolute atomic E-state index is 5.52. The van der Waals surface area contributed by atoms with Crippen LogP contribution in [0.1, 0.15) is 38.7 Å². The summed E-state index contributed by atoms with van der Waals surface area (Å²) in [6, 6.07) is 9.63. The van der Waals surface area contributed by atoms with Gasteiger partial charge in [-0.15, -0.1) is 0 Å². The van der Waals surface area contributed by atoms with Gasteiger partial charge in [-0.3, -0.25) is 0 Å². The third-order valence-electron chi connectivity index (χ3n) is 4.57. The number of rotatable bonds is 7. The van der Waals surface area contributed by atoms with E-state index in [9.17, 15) is 0 Å². The smallest absolute Gasteiger partial charge is 0.0639 e. The molecular weight excluding hydrogens is 260 g/mol. The van der Waals surface area contributed by atoms with E-state index in [4.69, 9.17) is 4.74 Å². The first-order valence-corrected chi connectivity index (χ1v) is 7.94. The Hall–Kier alpha value is -1.32. The summed E-state index contributed by atoms with van der Waals surface area (Å²) in [6.07, 6.45) is 5.89. The van der Waals surface area contributed by atoms with E-state index < -0.39 is 0 Å². The molecule has 114 valence electrons. The van der Waals surface area contributed by atoms with Gasteiger partial charge < -0.3 is 14.6 Å². The number of hydrogen-bond acceptors (Lipinski definition) is 2. The Labute approximate surface area is 127 Å². The molecule has 1 aromatic heterocycles. The molecule has 0 unspecified atom stereocenters. The van der Waals surface area contributed by atoms with Gasteiger partial charge in [0.05, 0.1) is 5.60 Å². The summed E-state index contributed by atoms with van der Waals surface area (Å²) >= 11 is 0. The summed E-state index contributed by atoms with van der Waals surface area (Å²) in [5.41, 5.74) is 2.67. The van der Waals surface area contributed by atoms with Crippen LogP contribution >= 0.6 is 0 Å². The number of fused-ring (bicyclic) bond motifs is 1. The van der Waals surface area contributed by atoms with E-state index in [1.807, 2.05) is 0 Å². The first-order chi connectivity index (χ1) is 10.1. The Morgan fingerprint density at radius 3 is 2.81 bits per heavy atom. The van der Waals surface area contributed by atoms with E-state index in [0.29, 0.717) is 0 Å². The molecule has 3 nitrogen and oxygen atoms in total. The summed E-state index contributed by atoms with van der Waals surface area (Å²) in [5.74, 6) is 0. The van der Waals surface area contributed by atoms with Crippen molar-refractivity contribution in [3.63, 3.8) is 0 Å². The van der Waals surface area contributed by atoms with Gasteiger partial charge in [-0.2, -0.15) is 0 Å². The van der Waals surface area contributed by atoms with Gasteiger partial charge in [-0.05, 0) is 50.8 Å². The van der Waals surface area contributed by atoms with E-state index in [1.54, 1.807) is 7.11 Å². The molecule has 2 aromatic rings. The van der Waals surface area contributed by atoms with Gasteiger partial charge in [0.25, 0.3) is 0 Å². The average Bonchev–Trinajstić information content (AvgIpc) is 3.22. The summed E-state index contributed by atoms with van der Waals surface area (Å²) in [7, 11) is 1.79. The predicted octanol–water partition coefficient (Wildman–Crippen LogP) is 3.71. The van der Waals surface area contributed by atoms with Crippen LogP contribution in [0.25, 0.3) is 10.9 Å². The van der Waals surface area contributed by atoms with Crippen LogP contribution in [0.15, 0.2) is 30.5 Å². The molecule has 0 radical (unpaired) electrons. The van der Waals surface area contributed by atoms with Crippen LogP contribution in [-0.2, 0) is 17.8 Å². The van der Waals surface area contributed by atoms with Crippen molar-refractivity contribution in [1.29, 1.82) is 0 Å². The molecule has 0 aliphatic heterocycles. The molecule has 21 heavy (non-hydrogen) atoms. The van der Waals surface area contributed by atoms with E-state index >= 15 is 0 Å². The minimum atomic E-state index is -0.0677. The summed E-state index contributed by atoms with van der Waals surface area (Å²) in [6.45, 7) is 6.26. The van der Waals surface area contributed by atoms with Crippen molar-refractivity contribution in [3.8, 4) is 0 Å². The Kier molecular flexibility index (Phi) is 4.05. The maximum atomic E-state index is 5.52. The number of aromatic nitrogens is 1. The molecule has 1 aliphatic carbocycles. The first kappa shape index (κ1) is 14.6. The normalized spacial score (nSPS) is 15.8. The number of nitrogens with zero attached hydrogens (tertiary/aromatic N) is 1. The highest BCUT2D eigenvalue weighted by Gasteiger charge is 2.20. The second kappa shape index (κ2) is 5.82. The molecule has 0 amide bonds. The number of ether oxygens (including phenoxy) is 1. The lowest BCUT2D eigenvalue weighted by Gasteiger charge is -2.23. The van der Waals surface area contributed by atoms with Crippen LogP contribution in [0.5, 0.6) is 0 Å². The van der Waals surface area contributed by atoms with Crippen LogP contribution in [0, 0.1) is 0 Å². The Balaban J connectivity index is 1.76. The average molecular weight is 286 g/mol. The quantitative estimate of drug-likeness (QED) is 0.840. The molecule has 1 aromatic carbocycles. The minimum Gasteiger partial charge on any atom is -0.379 e. The molecule has 1 aliphatic rings. The zero-order valence-corrected chi connectivity index (χ0v) is 13.4. The topological polar surface area (TPSA) is 26.2 Å². The number of benzene rings is 1. The first-order valence-electron chi connectivity index (χ1n) is 7.94. The molecule has 1 heterocycles. The van der Waals surface area contributed by atoms with Gasteiger partial charge in [0.2, 0.25) is 0 Å². The molecular formula is C18H26N2O. The fourth-order valence-corrected chi connectivity index (χ4v) is 2.67. The maximum Gasteiger partial charge on any atom is 0.0639 e. The Bertz CT molecular complexity index is 611. The summed E-state index contributed by atoms with van der Waals surface area (Å²) in [5, 5.41) is 4.99. The van der Waals surface area contributed by atoms with E-state index in [-0.39, 0.29) is 5.60 Å². The molecule has 3 rings (SSSR count). The highest BCUT2D eigenvalue weighted by atomic mass is 16.5. The van der Waals surface area contributed by atoms with Crippen LogP contribution < -0.4 is 5.32 Å². The Morgan fingerprint density at radius 2 is 2.10 bits per heavy atom. The molecule has 0 saturated heterocycles. The third kappa shape index (κ3) is 3.47. The van der Waals surface area contributed by atoms with Gasteiger partial charge in [0.1, 0.15) is 0 Å². The van der Waals surface area contributed by atoms with Crippen LogP contribution in [0.2, 0.25) is 0 Å². The lowest BCUT2D eigenvalue weighted by atomic mass is 10.1. The monoisotopic (exact) mass is 286 g/mol. The highest BCUT2D eigenvalue weighted by molar-refractivity contribution is 5.83. The van der Waals surface area contributed by atoms with Crippen LogP contribution in [0.3, 0.4) is 0 Å². The van der Waals surface area contributed by atoms with Crippen molar-refractivity contribution in [2.75, 3.05) is 7.11 Å². The van der Waals surface area contributed by atoms with Crippen molar-refractivity contribution in [3.05, 3.63) is 36.0 Å². The number of aryl methyl sites for hydroxylation is 1. The second-order valence-corrected chi connectivity index (χ2v) is 6.73. The molecule has 0 spiro atoms. The highest BCUT2D eigenvalue weighted by Crippen LogP contribution is 2.24. The largest absolute Gasteiger partial charge is 0.379 e. The van der Waals surface area contributed by atoms with Gasteiger partial charge in [0.15, 0.2) is 0 Å². The summed E-state index contributed by atoms with van der Waals surface area (Å²) < 4.78 is 7.86. The van der Waals surface area contributed by atoms with Gasteiger partial charge >= 0.3 is 0 Å². The minimum absolute atomic E-state index is 0.0677. The van der Waals surface area contributed by atoms with Crippen LogP contribution in [0.4, 0.5) is 0 Å². The van der Waals surface area contributed by atoms with Crippen molar-refractivity contribution in [2.24, 2.45) is 0 Å². The van der Waals surface area contributed by atoms with Crippen molar-refractivity contribution in [1.82, 2.24) is 9.88 Å². The fraction of sp³-hybridized carbons (Fsp3) is 0.556. The number of methoxy groups -OCH3 is 1. The van der Waals surface area contributed by atoms with Gasteiger partial charge in [0, 0.05) is 43.3 Å². The summed E-state index contributed by atoms with van der Waals surface area (Å²) in [4.78, 5) is 0. The van der Waals surface area contributed by atoms with Crippen molar-refractivity contribution < 1.29 is 4.74 Å². The second-order valence-electron chi connectivity index (χ2n) is 6.73. The zero-order chi connectivity index (χ0) is 14.9. The van der Waals surface area contributed by atoms with Crippen molar-refractivity contribution in [2.45, 2.75) is 57.8 Å². The van der Waals surface area contributed by atoms with Gasteiger partial charge in [-0.25, -0.2) is 0 Å². The SMILES string of the molecule is COC(C)(C)CCn1ccc2c(CNC3CC3)cccc21. The Morgan fingerprint density at radius 1 is 1.29 bits per heavy atom. The van der Waals surface area contributed by atoms with E-state index in [2.05, 4.69) is 54.2 Å². The number of nitrogens with one attached hydrogen (secondary N) is 1. The van der Waals surface area contributed by atoms with Crippen molar-refractivity contribution >= 4 is 10.9 Å². The van der Waals surface area contributed by atoms with E-state index in [0.717, 1.165) is 25.6 Å². The number of hydrogen-bond donors (Lipinski definition) is 1. The lowest BCUT2D eigenvalue weighted by Crippen LogP contribution is -2.24. The molecule has 1 fully saturated rings. The molecule has 1 N–H and O–H groups in total. The predicted molar refractivity (Wildman–Crippen MR) is 87.5 cm³/mol. The molecule has 0 bridgehead atoms. The van der Waals surface area contributed by atoms with Crippen LogP contribution in [-0.4, -0.2) is 23.3 Å². The van der Waals surface area contributed by atoms with E-state index in [1.165, 1.54) is 29.3 Å².